The summed E-state index contributed by atoms with van der Waals surface area (Å²) in [7, 11) is 0. The Kier molecular flexibility index (Phi) is 4.57. The normalized spacial score (nSPS) is 26.1. The van der Waals surface area contributed by atoms with E-state index in [-0.39, 0.29) is 29.8 Å². The van der Waals surface area contributed by atoms with E-state index in [2.05, 4.69) is 10.2 Å². The van der Waals surface area contributed by atoms with Crippen LogP contribution >= 0.6 is 0 Å². The van der Waals surface area contributed by atoms with Crippen molar-refractivity contribution in [3.8, 4) is 0 Å². The molecule has 3 fully saturated rings. The Morgan fingerprint density at radius 3 is 2.39 bits per heavy atom. The highest BCUT2D eigenvalue weighted by molar-refractivity contribution is 6.04. The average molecular weight is 322 g/mol. The zero-order valence-corrected chi connectivity index (χ0v) is 14.0. The van der Waals surface area contributed by atoms with Crippen molar-refractivity contribution in [1.29, 1.82) is 0 Å². The van der Waals surface area contributed by atoms with Crippen LogP contribution < -0.4 is 5.32 Å². The first kappa shape index (κ1) is 16.2. The van der Waals surface area contributed by atoms with Gasteiger partial charge in [-0.05, 0) is 25.2 Å². The monoisotopic (exact) mass is 322 g/mol. The fourth-order valence-electron chi connectivity index (χ4n) is 3.24. The van der Waals surface area contributed by atoms with Crippen LogP contribution in [0.5, 0.6) is 0 Å². The smallest absolute Gasteiger partial charge is 0.325 e. The Balaban J connectivity index is 1.49. The van der Waals surface area contributed by atoms with Gasteiger partial charge in [0.1, 0.15) is 6.04 Å². The van der Waals surface area contributed by atoms with Gasteiger partial charge in [-0.25, -0.2) is 9.69 Å². The van der Waals surface area contributed by atoms with Gasteiger partial charge >= 0.3 is 6.03 Å². The van der Waals surface area contributed by atoms with Crippen molar-refractivity contribution in [3.63, 3.8) is 0 Å². The van der Waals surface area contributed by atoms with Crippen LogP contribution in [0.1, 0.15) is 33.1 Å². The molecule has 0 aromatic rings. The van der Waals surface area contributed by atoms with Crippen LogP contribution in [-0.4, -0.2) is 71.4 Å². The van der Waals surface area contributed by atoms with Crippen LogP contribution in [0.3, 0.4) is 0 Å². The number of nitrogens with zero attached hydrogens (tertiary/aromatic N) is 3. The maximum absolute atomic E-state index is 12.3. The van der Waals surface area contributed by atoms with Crippen molar-refractivity contribution in [2.24, 2.45) is 11.8 Å². The summed E-state index contributed by atoms with van der Waals surface area (Å²) in [4.78, 5) is 41.7. The molecule has 1 unspecified atom stereocenters. The van der Waals surface area contributed by atoms with Gasteiger partial charge in [0.2, 0.25) is 5.91 Å². The Morgan fingerprint density at radius 2 is 1.83 bits per heavy atom. The van der Waals surface area contributed by atoms with Crippen molar-refractivity contribution in [2.75, 3.05) is 32.8 Å². The first-order valence-electron chi connectivity index (χ1n) is 8.58. The number of carbonyl (C=O) groups excluding carboxylic acids is 3. The largest absolute Gasteiger partial charge is 0.340 e. The lowest BCUT2D eigenvalue weighted by atomic mass is 10.0. The molecule has 0 aromatic carbocycles. The Bertz CT molecular complexity index is 496. The Morgan fingerprint density at radius 1 is 1.17 bits per heavy atom. The second kappa shape index (κ2) is 6.47. The summed E-state index contributed by atoms with van der Waals surface area (Å²) in [6, 6.07) is -0.683. The molecule has 0 spiro atoms. The van der Waals surface area contributed by atoms with Crippen LogP contribution in [0, 0.1) is 11.8 Å². The van der Waals surface area contributed by atoms with Gasteiger partial charge in [-0.15, -0.1) is 0 Å². The number of imide groups is 1. The zero-order valence-electron chi connectivity index (χ0n) is 14.0. The number of hydrogen-bond donors (Lipinski definition) is 1. The van der Waals surface area contributed by atoms with Gasteiger partial charge in [0.05, 0.1) is 6.67 Å². The van der Waals surface area contributed by atoms with Gasteiger partial charge < -0.3 is 10.2 Å². The van der Waals surface area contributed by atoms with Crippen LogP contribution in [-0.2, 0) is 9.59 Å². The molecule has 2 aliphatic heterocycles. The maximum Gasteiger partial charge on any atom is 0.325 e. The molecule has 0 bridgehead atoms. The van der Waals surface area contributed by atoms with Crippen LogP contribution in [0.25, 0.3) is 0 Å². The summed E-state index contributed by atoms with van der Waals surface area (Å²) in [6.07, 6.45) is 2.72. The van der Waals surface area contributed by atoms with E-state index in [9.17, 15) is 14.4 Å². The Labute approximate surface area is 137 Å². The summed E-state index contributed by atoms with van der Waals surface area (Å²) < 4.78 is 0. The van der Waals surface area contributed by atoms with Crippen LogP contribution in [0.4, 0.5) is 4.79 Å². The highest BCUT2D eigenvalue weighted by Crippen LogP contribution is 2.31. The lowest BCUT2D eigenvalue weighted by Crippen LogP contribution is -2.53. The minimum atomic E-state index is -0.389. The van der Waals surface area contributed by atoms with Crippen LogP contribution in [0.2, 0.25) is 0 Å². The molecular formula is C16H26N4O3. The highest BCUT2D eigenvalue weighted by atomic mass is 16.2. The number of nitrogens with one attached hydrogen (secondary N) is 1. The van der Waals surface area contributed by atoms with Gasteiger partial charge in [-0.1, -0.05) is 13.8 Å². The van der Waals surface area contributed by atoms with Gasteiger partial charge in [0.15, 0.2) is 0 Å². The summed E-state index contributed by atoms with van der Waals surface area (Å²) in [6.45, 7) is 7.21. The second-order valence-electron chi connectivity index (χ2n) is 7.26. The molecule has 2 heterocycles. The molecule has 1 saturated carbocycles. The third-order valence-electron chi connectivity index (χ3n) is 4.77. The lowest BCUT2D eigenvalue weighted by Gasteiger charge is -2.36. The first-order valence-corrected chi connectivity index (χ1v) is 8.58. The van der Waals surface area contributed by atoms with E-state index in [1.54, 1.807) is 0 Å². The molecule has 0 aromatic heterocycles. The summed E-state index contributed by atoms with van der Waals surface area (Å²) in [5.74, 6) is 0.766. The van der Waals surface area contributed by atoms with Crippen molar-refractivity contribution >= 4 is 17.8 Å². The summed E-state index contributed by atoms with van der Waals surface area (Å²) in [5.41, 5.74) is 0. The molecule has 7 nitrogen and oxygen atoms in total. The molecular weight excluding hydrogens is 296 g/mol. The van der Waals surface area contributed by atoms with E-state index in [4.69, 9.17) is 0 Å². The lowest BCUT2D eigenvalue weighted by molar-refractivity contribution is -0.136. The third-order valence-corrected chi connectivity index (χ3v) is 4.77. The molecule has 3 aliphatic rings. The molecule has 23 heavy (non-hydrogen) atoms. The van der Waals surface area contributed by atoms with Gasteiger partial charge in [0, 0.05) is 32.1 Å². The fraction of sp³-hybridized carbons (Fsp3) is 0.812. The number of piperazine rings is 1. The number of rotatable bonds is 5. The Hall–Kier alpha value is -1.63. The average Bonchev–Trinajstić information content (AvgIpc) is 3.32. The first-order chi connectivity index (χ1) is 11.0. The van der Waals surface area contributed by atoms with E-state index in [1.165, 1.54) is 4.90 Å². The van der Waals surface area contributed by atoms with Crippen molar-refractivity contribution in [1.82, 2.24) is 20.0 Å². The molecule has 1 aliphatic carbocycles. The van der Waals surface area contributed by atoms with Gasteiger partial charge in [0.25, 0.3) is 5.91 Å². The number of urea groups is 1. The molecule has 1 atom stereocenters. The third kappa shape index (κ3) is 3.65. The number of carbonyl (C=O) groups is 3. The van der Waals surface area contributed by atoms with E-state index in [0.717, 1.165) is 12.8 Å². The molecule has 0 radical (unpaired) electrons. The van der Waals surface area contributed by atoms with Gasteiger partial charge in [-0.2, -0.15) is 0 Å². The van der Waals surface area contributed by atoms with Crippen molar-refractivity contribution in [3.05, 3.63) is 0 Å². The quantitative estimate of drug-likeness (QED) is 0.747. The molecule has 3 rings (SSSR count). The fourth-order valence-corrected chi connectivity index (χ4v) is 3.24. The van der Waals surface area contributed by atoms with E-state index < -0.39 is 0 Å². The van der Waals surface area contributed by atoms with Crippen molar-refractivity contribution in [2.45, 2.75) is 39.2 Å². The van der Waals surface area contributed by atoms with E-state index in [1.807, 2.05) is 18.7 Å². The van der Waals surface area contributed by atoms with Gasteiger partial charge in [-0.3, -0.25) is 14.5 Å². The van der Waals surface area contributed by atoms with Crippen molar-refractivity contribution < 1.29 is 14.4 Å². The molecule has 7 heteroatoms. The molecule has 1 N–H and O–H groups in total. The standard InChI is InChI=1S/C16H26N4O3/c1-11(2)9-13-15(22)20(16(23)17-13)10-18-5-7-19(8-6-18)14(21)12-3-4-12/h11-13H,3-10H2,1-2H3,(H,17,23). The topological polar surface area (TPSA) is 73.0 Å². The van der Waals surface area contributed by atoms with E-state index >= 15 is 0 Å². The molecule has 2 saturated heterocycles. The number of amides is 4. The summed E-state index contributed by atoms with van der Waals surface area (Å²) >= 11 is 0. The number of hydrogen-bond acceptors (Lipinski definition) is 4. The second-order valence-corrected chi connectivity index (χ2v) is 7.26. The molecule has 4 amide bonds. The highest BCUT2D eigenvalue weighted by Gasteiger charge is 2.40. The minimum Gasteiger partial charge on any atom is -0.340 e. The van der Waals surface area contributed by atoms with E-state index in [0.29, 0.717) is 45.2 Å². The predicted octanol–water partition coefficient (Wildman–Crippen LogP) is 0.465. The predicted molar refractivity (Wildman–Crippen MR) is 84.4 cm³/mol. The van der Waals surface area contributed by atoms with Crippen LogP contribution in [0.15, 0.2) is 0 Å². The minimum absolute atomic E-state index is 0.125. The zero-order chi connectivity index (χ0) is 16.6. The summed E-state index contributed by atoms with van der Waals surface area (Å²) in [5, 5.41) is 2.77. The SMILES string of the molecule is CC(C)CC1NC(=O)N(CN2CCN(C(=O)C3CC3)CC2)C1=O. The molecule has 128 valence electrons. The maximum atomic E-state index is 12.3.